The maximum absolute atomic E-state index is 12.1. The van der Waals surface area contributed by atoms with Crippen molar-refractivity contribution in [2.45, 2.75) is 0 Å². The first-order chi connectivity index (χ1) is 9.11. The van der Waals surface area contributed by atoms with Gasteiger partial charge in [0.1, 0.15) is 5.69 Å². The van der Waals surface area contributed by atoms with E-state index in [1.54, 1.807) is 4.90 Å². The van der Waals surface area contributed by atoms with Gasteiger partial charge in [-0.1, -0.05) is 15.9 Å². The van der Waals surface area contributed by atoms with Crippen LogP contribution >= 0.6 is 15.9 Å². The summed E-state index contributed by atoms with van der Waals surface area (Å²) in [5, 5.41) is 11.5. The average molecular weight is 331 g/mol. The van der Waals surface area contributed by atoms with Crippen LogP contribution in [-0.4, -0.2) is 63.7 Å². The molecule has 1 aliphatic heterocycles. The minimum atomic E-state index is -0.513. The van der Waals surface area contributed by atoms with Gasteiger partial charge in [-0.3, -0.25) is 19.8 Å². The number of piperazine rings is 1. The zero-order chi connectivity index (χ0) is 13.8. The molecule has 8 heteroatoms. The van der Waals surface area contributed by atoms with Crippen molar-refractivity contribution >= 4 is 27.5 Å². The Kier molecular flexibility index (Phi) is 4.54. The van der Waals surface area contributed by atoms with Crippen LogP contribution in [0.5, 0.6) is 0 Å². The molecule has 0 aromatic carbocycles. The Labute approximate surface area is 118 Å². The normalized spacial score (nSPS) is 16.6. The quantitative estimate of drug-likeness (QED) is 0.508. The molecule has 1 aliphatic rings. The fraction of sp³-hybridized carbons (Fsp3) is 0.545. The minimum Gasteiger partial charge on any atom is -0.351 e. The van der Waals surface area contributed by atoms with Crippen LogP contribution in [0.4, 0.5) is 5.69 Å². The van der Waals surface area contributed by atoms with Crippen molar-refractivity contribution in [3.63, 3.8) is 0 Å². The lowest BCUT2D eigenvalue weighted by molar-refractivity contribution is -0.384. The SMILES string of the molecule is O=C(c1cc([N+](=O)[O-])c[nH]1)N1CCN(CCBr)CC1. The van der Waals surface area contributed by atoms with Crippen molar-refractivity contribution in [1.29, 1.82) is 0 Å². The fourth-order valence-corrected chi connectivity index (χ4v) is 2.58. The summed E-state index contributed by atoms with van der Waals surface area (Å²) < 4.78 is 0. The average Bonchev–Trinajstić information content (AvgIpc) is 2.89. The van der Waals surface area contributed by atoms with Crippen molar-refractivity contribution in [2.75, 3.05) is 38.1 Å². The van der Waals surface area contributed by atoms with E-state index >= 15 is 0 Å². The standard InChI is InChI=1S/C11H15BrN4O3/c12-1-2-14-3-5-15(6-4-14)11(17)10-7-9(8-13-10)16(18)19/h7-8,13H,1-6H2. The second-order valence-corrected chi connectivity index (χ2v) is 5.14. The largest absolute Gasteiger partial charge is 0.351 e. The van der Waals surface area contributed by atoms with Gasteiger partial charge in [-0.25, -0.2) is 0 Å². The topological polar surface area (TPSA) is 82.5 Å². The van der Waals surface area contributed by atoms with Crippen LogP contribution < -0.4 is 0 Å². The number of carbonyl (C=O) groups is 1. The number of rotatable bonds is 4. The molecule has 0 spiro atoms. The Hall–Kier alpha value is -1.41. The summed E-state index contributed by atoms with van der Waals surface area (Å²) in [6, 6.07) is 1.28. The number of alkyl halides is 1. The highest BCUT2D eigenvalue weighted by atomic mass is 79.9. The number of nitrogens with one attached hydrogen (secondary N) is 1. The summed E-state index contributed by atoms with van der Waals surface area (Å²) in [7, 11) is 0. The fourth-order valence-electron chi connectivity index (χ4n) is 2.08. The van der Waals surface area contributed by atoms with Crippen molar-refractivity contribution in [3.05, 3.63) is 28.1 Å². The van der Waals surface area contributed by atoms with E-state index in [1.807, 2.05) is 0 Å². The number of aromatic nitrogens is 1. The molecule has 0 saturated carbocycles. The summed E-state index contributed by atoms with van der Waals surface area (Å²) in [6.07, 6.45) is 1.24. The van der Waals surface area contributed by atoms with E-state index in [0.717, 1.165) is 25.0 Å². The van der Waals surface area contributed by atoms with E-state index in [1.165, 1.54) is 12.3 Å². The van der Waals surface area contributed by atoms with Crippen LogP contribution in [0.3, 0.4) is 0 Å². The summed E-state index contributed by atoms with van der Waals surface area (Å²) in [5.41, 5.74) is 0.196. The summed E-state index contributed by atoms with van der Waals surface area (Å²) >= 11 is 3.39. The Bertz CT molecular complexity index is 468. The number of hydrogen-bond donors (Lipinski definition) is 1. The molecule has 1 aromatic heterocycles. The first-order valence-electron chi connectivity index (χ1n) is 6.02. The number of aromatic amines is 1. The maximum Gasteiger partial charge on any atom is 0.287 e. The zero-order valence-electron chi connectivity index (χ0n) is 10.3. The van der Waals surface area contributed by atoms with E-state index in [-0.39, 0.29) is 17.3 Å². The number of nitrogens with zero attached hydrogens (tertiary/aromatic N) is 3. The number of amides is 1. The Morgan fingerprint density at radius 2 is 2.11 bits per heavy atom. The van der Waals surface area contributed by atoms with Crippen LogP contribution in [0.2, 0.25) is 0 Å². The van der Waals surface area contributed by atoms with Gasteiger partial charge in [-0.05, 0) is 0 Å². The zero-order valence-corrected chi connectivity index (χ0v) is 11.9. The first kappa shape index (κ1) is 14.0. The van der Waals surface area contributed by atoms with Crippen molar-refractivity contribution in [3.8, 4) is 0 Å². The maximum atomic E-state index is 12.1. The number of halogens is 1. The Morgan fingerprint density at radius 1 is 1.42 bits per heavy atom. The van der Waals surface area contributed by atoms with E-state index < -0.39 is 4.92 Å². The van der Waals surface area contributed by atoms with E-state index in [9.17, 15) is 14.9 Å². The molecule has 0 bridgehead atoms. The van der Waals surface area contributed by atoms with Crippen LogP contribution in [0.1, 0.15) is 10.5 Å². The van der Waals surface area contributed by atoms with E-state index in [4.69, 9.17) is 0 Å². The van der Waals surface area contributed by atoms with Crippen LogP contribution in [-0.2, 0) is 0 Å². The molecule has 1 fully saturated rings. The van der Waals surface area contributed by atoms with E-state index in [0.29, 0.717) is 13.1 Å². The highest BCUT2D eigenvalue weighted by Gasteiger charge is 2.24. The van der Waals surface area contributed by atoms with Gasteiger partial charge in [-0.15, -0.1) is 0 Å². The van der Waals surface area contributed by atoms with Gasteiger partial charge in [0.15, 0.2) is 0 Å². The molecule has 1 N–H and O–H groups in total. The van der Waals surface area contributed by atoms with Crippen LogP contribution in [0, 0.1) is 10.1 Å². The van der Waals surface area contributed by atoms with Gasteiger partial charge in [0.05, 0.1) is 11.1 Å². The van der Waals surface area contributed by atoms with Gasteiger partial charge in [0.2, 0.25) is 0 Å². The molecule has 2 rings (SSSR count). The third kappa shape index (κ3) is 3.32. The van der Waals surface area contributed by atoms with Crippen LogP contribution in [0.25, 0.3) is 0 Å². The first-order valence-corrected chi connectivity index (χ1v) is 7.14. The second-order valence-electron chi connectivity index (χ2n) is 4.35. The number of hydrogen-bond acceptors (Lipinski definition) is 4. The molecule has 0 aliphatic carbocycles. The van der Waals surface area contributed by atoms with Gasteiger partial charge in [0.25, 0.3) is 11.6 Å². The number of H-pyrrole nitrogens is 1. The monoisotopic (exact) mass is 330 g/mol. The van der Waals surface area contributed by atoms with E-state index in [2.05, 4.69) is 25.8 Å². The lowest BCUT2D eigenvalue weighted by atomic mass is 10.2. The molecular weight excluding hydrogens is 316 g/mol. The lowest BCUT2D eigenvalue weighted by Gasteiger charge is -2.34. The van der Waals surface area contributed by atoms with Gasteiger partial charge >= 0.3 is 0 Å². The second kappa shape index (κ2) is 6.16. The Morgan fingerprint density at radius 3 is 2.63 bits per heavy atom. The molecule has 1 aromatic rings. The highest BCUT2D eigenvalue weighted by molar-refractivity contribution is 9.09. The van der Waals surface area contributed by atoms with Crippen LogP contribution in [0.15, 0.2) is 12.3 Å². The van der Waals surface area contributed by atoms with Gasteiger partial charge < -0.3 is 9.88 Å². The van der Waals surface area contributed by atoms with Crippen molar-refractivity contribution in [1.82, 2.24) is 14.8 Å². The summed E-state index contributed by atoms with van der Waals surface area (Å²) in [6.45, 7) is 3.94. The molecule has 2 heterocycles. The molecule has 1 saturated heterocycles. The minimum absolute atomic E-state index is 0.0822. The predicted octanol–water partition coefficient (Wildman–Crippen LogP) is 1.08. The molecular formula is C11H15BrN4O3. The summed E-state index contributed by atoms with van der Waals surface area (Å²) in [5.74, 6) is -0.174. The molecule has 19 heavy (non-hydrogen) atoms. The molecule has 0 atom stereocenters. The smallest absolute Gasteiger partial charge is 0.287 e. The molecule has 0 radical (unpaired) electrons. The van der Waals surface area contributed by atoms with Gasteiger partial charge in [0, 0.05) is 44.1 Å². The third-order valence-corrected chi connectivity index (χ3v) is 3.52. The van der Waals surface area contributed by atoms with Crippen molar-refractivity contribution in [2.24, 2.45) is 0 Å². The Balaban J connectivity index is 1.95. The molecule has 104 valence electrons. The van der Waals surface area contributed by atoms with Crippen molar-refractivity contribution < 1.29 is 9.72 Å². The summed E-state index contributed by atoms with van der Waals surface area (Å²) in [4.78, 5) is 28.9. The molecule has 0 unspecified atom stereocenters. The number of nitro groups is 1. The third-order valence-electron chi connectivity index (χ3n) is 3.17. The number of carbonyl (C=O) groups excluding carboxylic acids is 1. The van der Waals surface area contributed by atoms with Gasteiger partial charge in [-0.2, -0.15) is 0 Å². The predicted molar refractivity (Wildman–Crippen MR) is 73.6 cm³/mol. The lowest BCUT2D eigenvalue weighted by Crippen LogP contribution is -2.49. The molecule has 7 nitrogen and oxygen atoms in total. The highest BCUT2D eigenvalue weighted by Crippen LogP contribution is 2.15. The molecule has 1 amide bonds.